The molecule has 178 valence electrons. The third kappa shape index (κ3) is 6.11. The van der Waals surface area contributed by atoms with Crippen molar-refractivity contribution in [3.63, 3.8) is 0 Å². The molecule has 0 aromatic heterocycles. The molecule has 0 bridgehead atoms. The Morgan fingerprint density at radius 2 is 1.76 bits per heavy atom. The number of hydrogen-bond acceptors (Lipinski definition) is 5. The van der Waals surface area contributed by atoms with Gasteiger partial charge in [0.1, 0.15) is 0 Å². The Balaban J connectivity index is 1.66. The number of sulfonamides is 1. The maximum absolute atomic E-state index is 12.9. The molecular weight excluding hydrogens is 461 g/mol. The predicted octanol–water partition coefficient (Wildman–Crippen LogP) is 3.98. The SMILES string of the molecule is Cc1ccc(S(=O)(=O)N2CCCCC2)cc1NC(=O)COC(=O)c1cccc(C(F)(F)F)c1. The molecule has 0 spiro atoms. The van der Waals surface area contributed by atoms with E-state index >= 15 is 0 Å². The summed E-state index contributed by atoms with van der Waals surface area (Å²) in [5.41, 5.74) is -0.537. The van der Waals surface area contributed by atoms with E-state index < -0.39 is 40.2 Å². The van der Waals surface area contributed by atoms with Crippen LogP contribution in [0.4, 0.5) is 18.9 Å². The van der Waals surface area contributed by atoms with Crippen molar-refractivity contribution in [3.8, 4) is 0 Å². The molecule has 0 atom stereocenters. The molecule has 33 heavy (non-hydrogen) atoms. The third-order valence-electron chi connectivity index (χ3n) is 5.20. The summed E-state index contributed by atoms with van der Waals surface area (Å²) in [6.07, 6.45) is -2.08. The Labute approximate surface area is 189 Å². The second-order valence-corrected chi connectivity index (χ2v) is 9.58. The lowest BCUT2D eigenvalue weighted by atomic mass is 10.1. The van der Waals surface area contributed by atoms with Crippen molar-refractivity contribution in [3.05, 3.63) is 59.2 Å². The number of alkyl halides is 3. The number of aryl methyl sites for hydroxylation is 1. The van der Waals surface area contributed by atoms with Crippen LogP contribution in [-0.2, 0) is 25.7 Å². The van der Waals surface area contributed by atoms with E-state index in [1.807, 2.05) is 0 Å². The molecule has 0 aliphatic carbocycles. The van der Waals surface area contributed by atoms with Gasteiger partial charge in [-0.2, -0.15) is 17.5 Å². The van der Waals surface area contributed by atoms with E-state index in [9.17, 15) is 31.2 Å². The van der Waals surface area contributed by atoms with Gasteiger partial charge in [0.25, 0.3) is 5.91 Å². The second kappa shape index (κ2) is 9.92. The van der Waals surface area contributed by atoms with Crippen LogP contribution in [0.3, 0.4) is 0 Å². The van der Waals surface area contributed by atoms with Gasteiger partial charge in [-0.05, 0) is 55.7 Å². The minimum Gasteiger partial charge on any atom is -0.452 e. The molecule has 0 radical (unpaired) electrons. The van der Waals surface area contributed by atoms with Crippen molar-refractivity contribution in [2.24, 2.45) is 0 Å². The van der Waals surface area contributed by atoms with Crippen LogP contribution in [0.15, 0.2) is 47.4 Å². The lowest BCUT2D eigenvalue weighted by Crippen LogP contribution is -2.35. The van der Waals surface area contributed by atoms with E-state index in [-0.39, 0.29) is 16.1 Å². The van der Waals surface area contributed by atoms with Crippen molar-refractivity contribution in [1.82, 2.24) is 4.31 Å². The van der Waals surface area contributed by atoms with Gasteiger partial charge >= 0.3 is 12.1 Å². The molecule has 0 unspecified atom stereocenters. The summed E-state index contributed by atoms with van der Waals surface area (Å²) in [5, 5.41) is 2.49. The van der Waals surface area contributed by atoms with Crippen molar-refractivity contribution >= 4 is 27.6 Å². The molecule has 2 aromatic carbocycles. The maximum Gasteiger partial charge on any atom is 0.416 e. The molecule has 0 saturated carbocycles. The monoisotopic (exact) mass is 484 g/mol. The molecule has 7 nitrogen and oxygen atoms in total. The fraction of sp³-hybridized carbons (Fsp3) is 0.364. The number of amides is 1. The van der Waals surface area contributed by atoms with Crippen LogP contribution in [0.1, 0.15) is 40.7 Å². The van der Waals surface area contributed by atoms with Crippen molar-refractivity contribution in [2.45, 2.75) is 37.3 Å². The Bertz CT molecular complexity index is 1140. The summed E-state index contributed by atoms with van der Waals surface area (Å²) in [5.74, 6) is -1.85. The molecule has 1 aliphatic heterocycles. The number of hydrogen-bond donors (Lipinski definition) is 1. The van der Waals surface area contributed by atoms with E-state index in [1.165, 1.54) is 16.4 Å². The highest BCUT2D eigenvalue weighted by Gasteiger charge is 2.31. The zero-order valence-corrected chi connectivity index (χ0v) is 18.6. The molecule has 3 rings (SSSR count). The van der Waals surface area contributed by atoms with Gasteiger partial charge in [0.2, 0.25) is 10.0 Å². The molecule has 2 aromatic rings. The number of benzene rings is 2. The number of halogens is 3. The zero-order valence-electron chi connectivity index (χ0n) is 17.8. The minimum atomic E-state index is -4.62. The van der Waals surface area contributed by atoms with Crippen LogP contribution in [0, 0.1) is 6.92 Å². The molecule has 1 amide bonds. The van der Waals surface area contributed by atoms with Crippen molar-refractivity contribution < 1.29 is 35.9 Å². The van der Waals surface area contributed by atoms with Gasteiger partial charge in [-0.3, -0.25) is 4.79 Å². The summed E-state index contributed by atoms with van der Waals surface area (Å²) >= 11 is 0. The molecule has 1 N–H and O–H groups in total. The Morgan fingerprint density at radius 1 is 1.06 bits per heavy atom. The van der Waals surface area contributed by atoms with Crippen LogP contribution in [0.2, 0.25) is 0 Å². The first-order chi connectivity index (χ1) is 15.5. The van der Waals surface area contributed by atoms with E-state index in [0.717, 1.165) is 37.5 Å². The number of ether oxygens (including phenoxy) is 1. The van der Waals surface area contributed by atoms with Gasteiger partial charge in [-0.25, -0.2) is 13.2 Å². The number of nitrogens with zero attached hydrogens (tertiary/aromatic N) is 1. The first-order valence-corrected chi connectivity index (χ1v) is 11.7. The van der Waals surface area contributed by atoms with E-state index in [2.05, 4.69) is 5.32 Å². The fourth-order valence-electron chi connectivity index (χ4n) is 3.37. The fourth-order valence-corrected chi connectivity index (χ4v) is 4.92. The highest BCUT2D eigenvalue weighted by atomic mass is 32.2. The number of piperidine rings is 1. The average Bonchev–Trinajstić information content (AvgIpc) is 2.79. The Morgan fingerprint density at radius 3 is 2.42 bits per heavy atom. The van der Waals surface area contributed by atoms with Gasteiger partial charge in [0.05, 0.1) is 16.0 Å². The molecule has 1 aliphatic rings. The quantitative estimate of drug-likeness (QED) is 0.626. The van der Waals surface area contributed by atoms with Gasteiger partial charge in [-0.1, -0.05) is 18.6 Å². The van der Waals surface area contributed by atoms with Crippen LogP contribution >= 0.6 is 0 Å². The van der Waals surface area contributed by atoms with E-state index in [1.54, 1.807) is 13.0 Å². The summed E-state index contributed by atoms with van der Waals surface area (Å²) < 4.78 is 70.4. The normalized spacial score (nSPS) is 15.2. The number of carbonyl (C=O) groups is 2. The van der Waals surface area contributed by atoms with Crippen molar-refractivity contribution in [1.29, 1.82) is 0 Å². The Kier molecular flexibility index (Phi) is 7.43. The third-order valence-corrected chi connectivity index (χ3v) is 7.09. The van der Waals surface area contributed by atoms with E-state index in [0.29, 0.717) is 24.7 Å². The highest BCUT2D eigenvalue weighted by molar-refractivity contribution is 7.89. The highest BCUT2D eigenvalue weighted by Crippen LogP contribution is 2.30. The lowest BCUT2D eigenvalue weighted by Gasteiger charge is -2.26. The largest absolute Gasteiger partial charge is 0.452 e. The van der Waals surface area contributed by atoms with E-state index in [4.69, 9.17) is 4.74 Å². The van der Waals surface area contributed by atoms with Crippen LogP contribution in [-0.4, -0.2) is 44.3 Å². The zero-order chi connectivity index (χ0) is 24.2. The maximum atomic E-state index is 12.9. The summed E-state index contributed by atoms with van der Waals surface area (Å²) in [7, 11) is -3.71. The smallest absolute Gasteiger partial charge is 0.416 e. The lowest BCUT2D eigenvalue weighted by molar-refractivity contribution is -0.137. The molecule has 1 saturated heterocycles. The summed E-state index contributed by atoms with van der Waals surface area (Å²) in [4.78, 5) is 24.3. The standard InChI is InChI=1S/C22H23F3N2O5S/c1-15-8-9-18(33(30,31)27-10-3-2-4-11-27)13-19(15)26-20(28)14-32-21(29)16-6-5-7-17(12-16)22(23,24)25/h5-9,12-13H,2-4,10-11,14H2,1H3,(H,26,28). The van der Waals surface area contributed by atoms with Crippen molar-refractivity contribution in [2.75, 3.05) is 25.0 Å². The molecular formula is C22H23F3N2O5S. The minimum absolute atomic E-state index is 0.0336. The van der Waals surface area contributed by atoms with Crippen LogP contribution in [0.25, 0.3) is 0 Å². The molecule has 1 fully saturated rings. The number of anilines is 1. The first kappa shape index (κ1) is 24.7. The van der Waals surface area contributed by atoms with Gasteiger partial charge in [-0.15, -0.1) is 0 Å². The average molecular weight is 484 g/mol. The first-order valence-electron chi connectivity index (χ1n) is 10.2. The van der Waals surface area contributed by atoms with Gasteiger partial charge in [0.15, 0.2) is 6.61 Å². The van der Waals surface area contributed by atoms with Gasteiger partial charge < -0.3 is 10.1 Å². The topological polar surface area (TPSA) is 92.8 Å². The predicted molar refractivity (Wildman–Crippen MR) is 114 cm³/mol. The summed E-state index contributed by atoms with van der Waals surface area (Å²) in [6.45, 7) is 1.78. The Hall–Kier alpha value is -2.92. The second-order valence-electron chi connectivity index (χ2n) is 7.64. The number of carbonyl (C=O) groups excluding carboxylic acids is 2. The van der Waals surface area contributed by atoms with Crippen LogP contribution in [0.5, 0.6) is 0 Å². The number of rotatable bonds is 6. The molecule has 11 heteroatoms. The summed E-state index contributed by atoms with van der Waals surface area (Å²) in [6, 6.07) is 8.03. The number of nitrogens with one attached hydrogen (secondary N) is 1. The number of esters is 1. The van der Waals surface area contributed by atoms with Crippen LogP contribution < -0.4 is 5.32 Å². The molecule has 1 heterocycles. The van der Waals surface area contributed by atoms with Gasteiger partial charge in [0, 0.05) is 18.8 Å².